The van der Waals surface area contributed by atoms with Gasteiger partial charge in [-0.05, 0) is 30.7 Å². The summed E-state index contributed by atoms with van der Waals surface area (Å²) in [5, 5.41) is 6.39. The Morgan fingerprint density at radius 2 is 1.58 bits per heavy atom. The molecule has 7 heteroatoms. The summed E-state index contributed by atoms with van der Waals surface area (Å²) in [6, 6.07) is 18.8. The van der Waals surface area contributed by atoms with Gasteiger partial charge < -0.3 is 10.6 Å². The molecule has 0 saturated carbocycles. The molecule has 0 fully saturated rings. The molecule has 0 unspecified atom stereocenters. The van der Waals surface area contributed by atoms with Crippen LogP contribution in [0.25, 0.3) is 0 Å². The summed E-state index contributed by atoms with van der Waals surface area (Å²) < 4.78 is 24.4. The van der Waals surface area contributed by atoms with Crippen LogP contribution in [-0.4, -0.2) is 46.0 Å². The molecule has 0 saturated heterocycles. The van der Waals surface area contributed by atoms with Crippen molar-refractivity contribution < 1.29 is 8.42 Å². The fourth-order valence-corrected chi connectivity index (χ4v) is 4.41. The highest BCUT2D eigenvalue weighted by atomic mass is 32.2. The quantitative estimate of drug-likeness (QED) is 0.298. The second-order valence-corrected chi connectivity index (χ2v) is 8.85. The summed E-state index contributed by atoms with van der Waals surface area (Å²) in [6.07, 6.45) is 0.524. The standard InChI is InChI=1S/C19H25N3O2S2/c1-20-19(22-14-15-25-17-9-4-2-5-10-17)21-13-8-16-26(23,24)18-11-6-3-7-12-18/h2-7,9-12H,8,13-16H2,1H3,(H2,20,21,22). The van der Waals surface area contributed by atoms with Crippen molar-refractivity contribution in [3.8, 4) is 0 Å². The molecular formula is C19H25N3O2S2. The minimum absolute atomic E-state index is 0.116. The molecule has 0 atom stereocenters. The second-order valence-electron chi connectivity index (χ2n) is 5.57. The molecule has 5 nitrogen and oxygen atoms in total. The lowest BCUT2D eigenvalue weighted by Crippen LogP contribution is -2.39. The largest absolute Gasteiger partial charge is 0.356 e. The summed E-state index contributed by atoms with van der Waals surface area (Å²) in [4.78, 5) is 5.78. The number of nitrogens with one attached hydrogen (secondary N) is 2. The lowest BCUT2D eigenvalue weighted by Gasteiger charge is -2.12. The fraction of sp³-hybridized carbons (Fsp3) is 0.316. The molecular weight excluding hydrogens is 366 g/mol. The minimum Gasteiger partial charge on any atom is -0.356 e. The Balaban J connectivity index is 1.64. The van der Waals surface area contributed by atoms with Crippen molar-refractivity contribution in [3.05, 3.63) is 60.7 Å². The van der Waals surface area contributed by atoms with E-state index in [1.54, 1.807) is 43.1 Å². The van der Waals surface area contributed by atoms with E-state index in [0.29, 0.717) is 23.8 Å². The number of nitrogens with zero attached hydrogens (tertiary/aromatic N) is 1. The molecule has 2 N–H and O–H groups in total. The number of aliphatic imine (C=N–C) groups is 1. The first-order valence-electron chi connectivity index (χ1n) is 8.52. The van der Waals surface area contributed by atoms with Crippen LogP contribution >= 0.6 is 11.8 Å². The van der Waals surface area contributed by atoms with E-state index in [1.165, 1.54) is 4.90 Å². The molecule has 2 rings (SSSR count). The molecule has 26 heavy (non-hydrogen) atoms. The summed E-state index contributed by atoms with van der Waals surface area (Å²) in [5.41, 5.74) is 0. The van der Waals surface area contributed by atoms with Crippen molar-refractivity contribution in [1.29, 1.82) is 0 Å². The maximum Gasteiger partial charge on any atom is 0.191 e. The summed E-state index contributed by atoms with van der Waals surface area (Å²) >= 11 is 1.78. The maximum absolute atomic E-state index is 12.2. The Hall–Kier alpha value is -1.99. The Morgan fingerprint density at radius 1 is 0.962 bits per heavy atom. The van der Waals surface area contributed by atoms with E-state index in [0.717, 1.165) is 12.3 Å². The Kier molecular flexibility index (Phi) is 8.50. The van der Waals surface area contributed by atoms with Crippen molar-refractivity contribution in [2.75, 3.05) is 31.6 Å². The molecule has 0 aliphatic heterocycles. The third kappa shape index (κ3) is 7.09. The smallest absolute Gasteiger partial charge is 0.191 e. The van der Waals surface area contributed by atoms with Crippen LogP contribution in [0.4, 0.5) is 0 Å². The van der Waals surface area contributed by atoms with Crippen molar-refractivity contribution in [1.82, 2.24) is 10.6 Å². The van der Waals surface area contributed by atoms with Crippen molar-refractivity contribution in [2.24, 2.45) is 4.99 Å². The number of guanidine groups is 1. The maximum atomic E-state index is 12.2. The molecule has 0 heterocycles. The van der Waals surface area contributed by atoms with Gasteiger partial charge in [0.05, 0.1) is 10.6 Å². The highest BCUT2D eigenvalue weighted by molar-refractivity contribution is 7.99. The lowest BCUT2D eigenvalue weighted by molar-refractivity contribution is 0.592. The molecule has 0 spiro atoms. The van der Waals surface area contributed by atoms with E-state index in [4.69, 9.17) is 0 Å². The third-order valence-electron chi connectivity index (χ3n) is 3.61. The van der Waals surface area contributed by atoms with Crippen molar-refractivity contribution >= 4 is 27.6 Å². The summed E-state index contributed by atoms with van der Waals surface area (Å²) in [6.45, 7) is 1.33. The van der Waals surface area contributed by atoms with E-state index in [1.807, 2.05) is 24.3 Å². The van der Waals surface area contributed by atoms with Gasteiger partial charge in [-0.2, -0.15) is 0 Å². The van der Waals surface area contributed by atoms with Gasteiger partial charge in [0.15, 0.2) is 15.8 Å². The van der Waals surface area contributed by atoms with Gasteiger partial charge >= 0.3 is 0 Å². The monoisotopic (exact) mass is 391 g/mol. The predicted molar refractivity (Wildman–Crippen MR) is 110 cm³/mol. The lowest BCUT2D eigenvalue weighted by atomic mass is 10.4. The first-order valence-corrected chi connectivity index (χ1v) is 11.2. The number of hydrogen-bond acceptors (Lipinski definition) is 4. The molecule has 0 bridgehead atoms. The minimum atomic E-state index is -3.22. The van der Waals surface area contributed by atoms with E-state index in [9.17, 15) is 8.42 Å². The number of hydrogen-bond donors (Lipinski definition) is 2. The Morgan fingerprint density at radius 3 is 2.23 bits per heavy atom. The van der Waals surface area contributed by atoms with Crippen LogP contribution in [0, 0.1) is 0 Å². The number of rotatable bonds is 9. The van der Waals surface area contributed by atoms with Gasteiger partial charge in [-0.3, -0.25) is 4.99 Å². The van der Waals surface area contributed by atoms with Crippen LogP contribution < -0.4 is 10.6 Å². The summed E-state index contributed by atoms with van der Waals surface area (Å²) in [5.74, 6) is 1.73. The van der Waals surface area contributed by atoms with Crippen LogP contribution in [0.2, 0.25) is 0 Å². The molecule has 2 aromatic carbocycles. The third-order valence-corrected chi connectivity index (χ3v) is 6.44. The van der Waals surface area contributed by atoms with Gasteiger partial charge in [-0.25, -0.2) is 8.42 Å². The highest BCUT2D eigenvalue weighted by Crippen LogP contribution is 2.15. The predicted octanol–water partition coefficient (Wildman–Crippen LogP) is 2.81. The highest BCUT2D eigenvalue weighted by Gasteiger charge is 2.13. The number of thioether (sulfide) groups is 1. The van der Waals surface area contributed by atoms with Gasteiger partial charge in [-0.1, -0.05) is 36.4 Å². The average Bonchev–Trinajstić information content (AvgIpc) is 2.68. The first-order chi connectivity index (χ1) is 12.6. The van der Waals surface area contributed by atoms with E-state index >= 15 is 0 Å². The van der Waals surface area contributed by atoms with Crippen molar-refractivity contribution in [2.45, 2.75) is 16.2 Å². The normalized spacial score (nSPS) is 12.0. The van der Waals surface area contributed by atoms with Gasteiger partial charge in [-0.15, -0.1) is 11.8 Å². The van der Waals surface area contributed by atoms with Crippen LogP contribution in [0.1, 0.15) is 6.42 Å². The fourth-order valence-electron chi connectivity index (χ4n) is 2.29. The van der Waals surface area contributed by atoms with E-state index in [2.05, 4.69) is 27.8 Å². The number of benzene rings is 2. The van der Waals surface area contributed by atoms with Crippen molar-refractivity contribution in [3.63, 3.8) is 0 Å². The Bertz CT molecular complexity index is 779. The number of sulfone groups is 1. The molecule has 0 aromatic heterocycles. The zero-order valence-corrected chi connectivity index (χ0v) is 16.5. The van der Waals surface area contributed by atoms with Crippen LogP contribution in [-0.2, 0) is 9.84 Å². The van der Waals surface area contributed by atoms with Gasteiger partial charge in [0.25, 0.3) is 0 Å². The zero-order valence-electron chi connectivity index (χ0n) is 14.9. The second kappa shape index (κ2) is 10.9. The van der Waals surface area contributed by atoms with Gasteiger partial charge in [0.2, 0.25) is 0 Å². The first kappa shape index (κ1) is 20.3. The topological polar surface area (TPSA) is 70.6 Å². The summed E-state index contributed by atoms with van der Waals surface area (Å²) in [7, 11) is -1.51. The molecule has 0 aliphatic rings. The van der Waals surface area contributed by atoms with Crippen LogP contribution in [0.3, 0.4) is 0 Å². The Labute approximate surface area is 160 Å². The molecule has 0 radical (unpaired) electrons. The zero-order chi connectivity index (χ0) is 18.7. The molecule has 0 amide bonds. The molecule has 140 valence electrons. The SMILES string of the molecule is CN=C(NCCCS(=O)(=O)c1ccccc1)NCCSc1ccccc1. The van der Waals surface area contributed by atoms with E-state index in [-0.39, 0.29) is 5.75 Å². The average molecular weight is 392 g/mol. The van der Waals surface area contributed by atoms with E-state index < -0.39 is 9.84 Å². The van der Waals surface area contributed by atoms with Gasteiger partial charge in [0.1, 0.15) is 0 Å². The van der Waals surface area contributed by atoms with Gasteiger partial charge in [0, 0.05) is 30.8 Å². The van der Waals surface area contributed by atoms with Crippen LogP contribution in [0.5, 0.6) is 0 Å². The molecule has 2 aromatic rings. The van der Waals surface area contributed by atoms with Crippen LogP contribution in [0.15, 0.2) is 75.4 Å². The molecule has 0 aliphatic carbocycles.